The molecule has 5 heteroatoms. The highest BCUT2D eigenvalue weighted by atomic mass is 19.4. The third-order valence-corrected chi connectivity index (χ3v) is 3.29. The Balaban J connectivity index is 2.33. The van der Waals surface area contributed by atoms with Gasteiger partial charge in [0.2, 0.25) is 0 Å². The van der Waals surface area contributed by atoms with Gasteiger partial charge in [-0.05, 0) is 39.7 Å². The Hall–Kier alpha value is -0.290. The van der Waals surface area contributed by atoms with Crippen LogP contribution in [0.4, 0.5) is 13.2 Å². The van der Waals surface area contributed by atoms with Gasteiger partial charge in [0, 0.05) is 18.6 Å². The lowest BCUT2D eigenvalue weighted by Gasteiger charge is -2.30. The van der Waals surface area contributed by atoms with Gasteiger partial charge in [0.1, 0.15) is 0 Å². The van der Waals surface area contributed by atoms with Crippen LogP contribution in [0.3, 0.4) is 0 Å². The Morgan fingerprint density at radius 1 is 1.29 bits per heavy atom. The molecule has 1 N–H and O–H groups in total. The first-order chi connectivity index (χ1) is 7.88. The average Bonchev–Trinajstić information content (AvgIpc) is 2.24. The Labute approximate surface area is 102 Å². The van der Waals surface area contributed by atoms with E-state index in [1.807, 2.05) is 13.8 Å². The summed E-state index contributed by atoms with van der Waals surface area (Å²) >= 11 is 0. The van der Waals surface area contributed by atoms with Crippen LogP contribution in [0.25, 0.3) is 0 Å². The lowest BCUT2D eigenvalue weighted by Crippen LogP contribution is -2.43. The molecule has 1 heterocycles. The minimum absolute atomic E-state index is 0.0554. The molecule has 0 bridgehead atoms. The van der Waals surface area contributed by atoms with Gasteiger partial charge in [0.25, 0.3) is 0 Å². The van der Waals surface area contributed by atoms with Gasteiger partial charge in [-0.1, -0.05) is 6.42 Å². The van der Waals surface area contributed by atoms with Crippen LogP contribution in [0, 0.1) is 0 Å². The van der Waals surface area contributed by atoms with E-state index in [9.17, 15) is 13.2 Å². The summed E-state index contributed by atoms with van der Waals surface area (Å²) < 4.78 is 37.1. The Bertz CT molecular complexity index is 210. The van der Waals surface area contributed by atoms with Gasteiger partial charge in [0.05, 0.1) is 6.54 Å². The fraction of sp³-hybridized carbons (Fsp3) is 1.00. The van der Waals surface area contributed by atoms with Gasteiger partial charge < -0.3 is 5.32 Å². The van der Waals surface area contributed by atoms with Crippen LogP contribution in [0.2, 0.25) is 0 Å². The highest BCUT2D eigenvalue weighted by Crippen LogP contribution is 2.19. The van der Waals surface area contributed by atoms with Crippen LogP contribution >= 0.6 is 0 Å². The number of hydrogen-bond acceptors (Lipinski definition) is 2. The van der Waals surface area contributed by atoms with Crippen LogP contribution in [0.5, 0.6) is 0 Å². The lowest BCUT2D eigenvalue weighted by molar-refractivity contribution is -0.149. The first kappa shape index (κ1) is 14.8. The summed E-state index contributed by atoms with van der Waals surface area (Å²) in [7, 11) is 0. The SMILES string of the molecule is CC(C)N(CCC1CCCCN1)CC(F)(F)F. The number of nitrogens with one attached hydrogen (secondary N) is 1. The van der Waals surface area contributed by atoms with E-state index in [1.54, 1.807) is 0 Å². The van der Waals surface area contributed by atoms with Crippen molar-refractivity contribution in [1.29, 1.82) is 0 Å². The molecule has 0 radical (unpaired) electrons. The second-order valence-electron chi connectivity index (χ2n) is 5.11. The molecule has 1 rings (SSSR count). The zero-order valence-electron chi connectivity index (χ0n) is 10.7. The van der Waals surface area contributed by atoms with E-state index >= 15 is 0 Å². The quantitative estimate of drug-likeness (QED) is 0.809. The standard InChI is InChI=1S/C12H23F3N2/c1-10(2)17(9-12(13,14)15)8-6-11-5-3-4-7-16-11/h10-11,16H,3-9H2,1-2H3. The van der Waals surface area contributed by atoms with Gasteiger partial charge in [-0.3, -0.25) is 4.90 Å². The number of nitrogens with zero attached hydrogens (tertiary/aromatic N) is 1. The van der Waals surface area contributed by atoms with Crippen LogP contribution in [0.15, 0.2) is 0 Å². The molecule has 0 saturated carbocycles. The minimum Gasteiger partial charge on any atom is -0.314 e. The molecule has 17 heavy (non-hydrogen) atoms. The molecule has 1 unspecified atom stereocenters. The topological polar surface area (TPSA) is 15.3 Å². The van der Waals surface area contributed by atoms with Gasteiger partial charge in [-0.25, -0.2) is 0 Å². The maximum Gasteiger partial charge on any atom is 0.401 e. The van der Waals surface area contributed by atoms with Gasteiger partial charge in [0.15, 0.2) is 0 Å². The summed E-state index contributed by atoms with van der Waals surface area (Å²) in [4.78, 5) is 1.51. The summed E-state index contributed by atoms with van der Waals surface area (Å²) in [5, 5.41) is 3.37. The molecule has 1 fully saturated rings. The van der Waals surface area contributed by atoms with Crippen LogP contribution in [0.1, 0.15) is 39.5 Å². The summed E-state index contributed by atoms with van der Waals surface area (Å²) in [6.45, 7) is 4.37. The molecular weight excluding hydrogens is 229 g/mol. The molecule has 0 aromatic heterocycles. The van der Waals surface area contributed by atoms with Gasteiger partial charge >= 0.3 is 6.18 Å². The van der Waals surface area contributed by atoms with Crippen molar-refractivity contribution in [3.63, 3.8) is 0 Å². The number of rotatable bonds is 5. The molecule has 1 saturated heterocycles. The summed E-state index contributed by atoms with van der Waals surface area (Å²) in [5.74, 6) is 0. The second-order valence-corrected chi connectivity index (χ2v) is 5.11. The van der Waals surface area contributed by atoms with Crippen molar-refractivity contribution in [3.8, 4) is 0 Å². The van der Waals surface area contributed by atoms with Crippen molar-refractivity contribution in [2.24, 2.45) is 0 Å². The monoisotopic (exact) mass is 252 g/mol. The highest BCUT2D eigenvalue weighted by Gasteiger charge is 2.31. The predicted octanol–water partition coefficient (Wildman–Crippen LogP) is 2.79. The summed E-state index contributed by atoms with van der Waals surface area (Å²) in [5.41, 5.74) is 0. The third kappa shape index (κ3) is 6.27. The van der Waals surface area contributed by atoms with Crippen molar-refractivity contribution in [2.75, 3.05) is 19.6 Å². The molecule has 102 valence electrons. The van der Waals surface area contributed by atoms with Crippen LogP contribution < -0.4 is 5.32 Å². The van der Waals surface area contributed by atoms with E-state index in [2.05, 4.69) is 5.32 Å². The number of hydrogen-bond donors (Lipinski definition) is 1. The Kier molecular flexibility index (Phi) is 5.73. The Morgan fingerprint density at radius 2 is 2.00 bits per heavy atom. The van der Waals surface area contributed by atoms with E-state index in [1.165, 1.54) is 17.7 Å². The first-order valence-electron chi connectivity index (χ1n) is 6.42. The normalized spacial score (nSPS) is 22.4. The smallest absolute Gasteiger partial charge is 0.314 e. The highest BCUT2D eigenvalue weighted by molar-refractivity contribution is 4.75. The zero-order valence-corrected chi connectivity index (χ0v) is 10.7. The zero-order chi connectivity index (χ0) is 12.9. The molecule has 1 aliphatic rings. The van der Waals surface area contributed by atoms with E-state index in [0.717, 1.165) is 19.4 Å². The van der Waals surface area contributed by atoms with E-state index < -0.39 is 12.7 Å². The minimum atomic E-state index is -4.09. The molecule has 2 nitrogen and oxygen atoms in total. The number of alkyl halides is 3. The van der Waals surface area contributed by atoms with E-state index in [4.69, 9.17) is 0 Å². The second kappa shape index (κ2) is 6.59. The van der Waals surface area contributed by atoms with E-state index in [0.29, 0.717) is 12.6 Å². The predicted molar refractivity (Wildman–Crippen MR) is 63.0 cm³/mol. The average molecular weight is 252 g/mol. The fourth-order valence-corrected chi connectivity index (χ4v) is 2.24. The summed E-state index contributed by atoms with van der Waals surface area (Å²) in [6, 6.07) is 0.346. The first-order valence-corrected chi connectivity index (χ1v) is 6.42. The van der Waals surface area contributed by atoms with Crippen molar-refractivity contribution < 1.29 is 13.2 Å². The van der Waals surface area contributed by atoms with Crippen LogP contribution in [-0.2, 0) is 0 Å². The largest absolute Gasteiger partial charge is 0.401 e. The van der Waals surface area contributed by atoms with Crippen molar-refractivity contribution in [2.45, 2.75) is 57.8 Å². The third-order valence-electron chi connectivity index (χ3n) is 3.29. The Morgan fingerprint density at radius 3 is 2.47 bits per heavy atom. The van der Waals surface area contributed by atoms with Crippen molar-refractivity contribution >= 4 is 0 Å². The summed E-state index contributed by atoms with van der Waals surface area (Å²) in [6.07, 6.45) is 0.196. The molecular formula is C12H23F3N2. The maximum absolute atomic E-state index is 12.4. The number of piperidine rings is 1. The lowest BCUT2D eigenvalue weighted by atomic mass is 10.0. The van der Waals surface area contributed by atoms with Crippen LogP contribution in [-0.4, -0.2) is 42.8 Å². The van der Waals surface area contributed by atoms with E-state index in [-0.39, 0.29) is 6.04 Å². The van der Waals surface area contributed by atoms with Crippen molar-refractivity contribution in [1.82, 2.24) is 10.2 Å². The van der Waals surface area contributed by atoms with Gasteiger partial charge in [-0.15, -0.1) is 0 Å². The molecule has 0 aromatic rings. The number of halogens is 3. The molecule has 0 aromatic carbocycles. The molecule has 1 aliphatic heterocycles. The maximum atomic E-state index is 12.4. The van der Waals surface area contributed by atoms with Crippen molar-refractivity contribution in [3.05, 3.63) is 0 Å². The molecule has 1 atom stereocenters. The molecule has 0 spiro atoms. The van der Waals surface area contributed by atoms with Gasteiger partial charge in [-0.2, -0.15) is 13.2 Å². The fourth-order valence-electron chi connectivity index (χ4n) is 2.24. The molecule has 0 aliphatic carbocycles. The molecule has 0 amide bonds.